The van der Waals surface area contributed by atoms with Crippen molar-refractivity contribution in [2.24, 2.45) is 5.73 Å². The van der Waals surface area contributed by atoms with Crippen LogP contribution in [0.4, 0.5) is 17.6 Å². The number of benzene rings is 1. The Bertz CT molecular complexity index is 402. The summed E-state index contributed by atoms with van der Waals surface area (Å²) in [6.07, 6.45) is -4.73. The van der Waals surface area contributed by atoms with Gasteiger partial charge in [0.25, 0.3) is 0 Å². The van der Waals surface area contributed by atoms with E-state index < -0.39 is 23.9 Å². The van der Waals surface area contributed by atoms with Crippen LogP contribution in [0.2, 0.25) is 0 Å². The van der Waals surface area contributed by atoms with Crippen molar-refractivity contribution in [2.75, 3.05) is 6.54 Å². The fourth-order valence-corrected chi connectivity index (χ4v) is 1.42. The number of rotatable bonds is 5. The van der Waals surface area contributed by atoms with Gasteiger partial charge in [0.2, 0.25) is 5.91 Å². The summed E-state index contributed by atoms with van der Waals surface area (Å²) in [5.74, 6) is -1.31. The molecule has 0 spiro atoms. The highest BCUT2D eigenvalue weighted by molar-refractivity contribution is 5.73. The third-order valence-corrected chi connectivity index (χ3v) is 2.25. The van der Waals surface area contributed by atoms with E-state index in [2.05, 4.69) is 5.32 Å². The molecule has 0 fully saturated rings. The molecule has 0 bridgehead atoms. The fourth-order valence-electron chi connectivity index (χ4n) is 1.42. The first-order valence-corrected chi connectivity index (χ1v) is 5.14. The van der Waals surface area contributed by atoms with Crippen molar-refractivity contribution in [1.29, 1.82) is 0 Å². The van der Waals surface area contributed by atoms with Crippen LogP contribution in [0.1, 0.15) is 18.0 Å². The van der Waals surface area contributed by atoms with Gasteiger partial charge in [-0.2, -0.15) is 13.2 Å². The smallest absolute Gasteiger partial charge is 0.370 e. The summed E-state index contributed by atoms with van der Waals surface area (Å²) in [4.78, 5) is 10.5. The van der Waals surface area contributed by atoms with Gasteiger partial charge in [-0.1, -0.05) is 12.1 Å². The average Bonchev–Trinajstić information content (AvgIpc) is 2.24. The van der Waals surface area contributed by atoms with Crippen LogP contribution in [0.3, 0.4) is 0 Å². The maximum absolute atomic E-state index is 12.8. The van der Waals surface area contributed by atoms with Crippen molar-refractivity contribution in [3.05, 3.63) is 35.6 Å². The highest BCUT2D eigenvalue weighted by atomic mass is 19.4. The molecule has 0 saturated carbocycles. The highest BCUT2D eigenvalue weighted by Crippen LogP contribution is 2.32. The van der Waals surface area contributed by atoms with E-state index in [-0.39, 0.29) is 18.5 Å². The van der Waals surface area contributed by atoms with Crippen molar-refractivity contribution in [3.8, 4) is 0 Å². The largest absolute Gasteiger partial charge is 0.407 e. The third kappa shape index (κ3) is 4.33. The summed E-state index contributed by atoms with van der Waals surface area (Å²) in [7, 11) is 0. The van der Waals surface area contributed by atoms with Crippen molar-refractivity contribution in [2.45, 2.75) is 18.6 Å². The second kappa shape index (κ2) is 5.81. The van der Waals surface area contributed by atoms with Crippen molar-refractivity contribution in [3.63, 3.8) is 0 Å². The zero-order valence-electron chi connectivity index (χ0n) is 9.30. The molecule has 1 amide bonds. The van der Waals surface area contributed by atoms with Gasteiger partial charge < -0.3 is 11.1 Å². The molecule has 0 aliphatic rings. The number of alkyl halides is 3. The van der Waals surface area contributed by atoms with Crippen LogP contribution in [-0.2, 0) is 4.79 Å². The molecule has 0 saturated heterocycles. The Balaban J connectivity index is 2.79. The molecular weight excluding hydrogens is 252 g/mol. The van der Waals surface area contributed by atoms with Gasteiger partial charge in [-0.05, 0) is 17.7 Å². The van der Waals surface area contributed by atoms with E-state index in [0.717, 1.165) is 24.3 Å². The van der Waals surface area contributed by atoms with Crippen molar-refractivity contribution < 1.29 is 22.4 Å². The number of carbonyl (C=O) groups excluding carboxylic acids is 1. The average molecular weight is 264 g/mol. The van der Waals surface area contributed by atoms with Crippen LogP contribution >= 0.6 is 0 Å². The number of nitrogens with two attached hydrogens (primary N) is 1. The molecule has 0 heterocycles. The Hall–Kier alpha value is -1.63. The minimum atomic E-state index is -4.53. The first-order valence-electron chi connectivity index (χ1n) is 5.14. The molecule has 0 radical (unpaired) electrons. The Morgan fingerprint density at radius 3 is 2.28 bits per heavy atom. The van der Waals surface area contributed by atoms with Crippen LogP contribution in [0.5, 0.6) is 0 Å². The number of primary amides is 1. The number of nitrogens with one attached hydrogen (secondary N) is 1. The van der Waals surface area contributed by atoms with Gasteiger partial charge in [0.15, 0.2) is 0 Å². The Morgan fingerprint density at radius 2 is 1.83 bits per heavy atom. The van der Waals surface area contributed by atoms with Gasteiger partial charge in [-0.3, -0.25) is 4.79 Å². The Labute approximate surface area is 101 Å². The topological polar surface area (TPSA) is 55.1 Å². The van der Waals surface area contributed by atoms with Gasteiger partial charge in [-0.25, -0.2) is 4.39 Å². The van der Waals surface area contributed by atoms with E-state index in [0.29, 0.717) is 0 Å². The maximum Gasteiger partial charge on any atom is 0.407 e. The van der Waals surface area contributed by atoms with Crippen molar-refractivity contribution in [1.82, 2.24) is 5.32 Å². The second-order valence-corrected chi connectivity index (χ2v) is 3.70. The minimum Gasteiger partial charge on any atom is -0.370 e. The molecular formula is C11H12F4N2O. The van der Waals surface area contributed by atoms with Gasteiger partial charge in [0.05, 0.1) is 0 Å². The number of hydrogen-bond donors (Lipinski definition) is 2. The van der Waals surface area contributed by atoms with Gasteiger partial charge >= 0.3 is 6.18 Å². The normalized spacial score (nSPS) is 13.3. The Kier molecular flexibility index (Phi) is 4.66. The first kappa shape index (κ1) is 14.4. The highest BCUT2D eigenvalue weighted by Gasteiger charge is 2.40. The molecule has 0 aromatic heterocycles. The van der Waals surface area contributed by atoms with Crippen LogP contribution in [0.15, 0.2) is 24.3 Å². The summed E-state index contributed by atoms with van der Waals surface area (Å²) >= 11 is 0. The predicted molar refractivity (Wildman–Crippen MR) is 57.0 cm³/mol. The predicted octanol–water partition coefficient (Wildman–Crippen LogP) is 1.89. The lowest BCUT2D eigenvalue weighted by molar-refractivity contribution is -0.158. The zero-order valence-corrected chi connectivity index (χ0v) is 9.30. The first-order chi connectivity index (χ1) is 8.30. The summed E-state index contributed by atoms with van der Waals surface area (Å²) in [6, 6.07) is 2.04. The summed E-state index contributed by atoms with van der Waals surface area (Å²) < 4.78 is 50.9. The van der Waals surface area contributed by atoms with E-state index in [1.807, 2.05) is 0 Å². The molecule has 0 aliphatic heterocycles. The molecule has 3 nitrogen and oxygen atoms in total. The molecule has 7 heteroatoms. The molecule has 0 unspecified atom stereocenters. The molecule has 1 rings (SSSR count). The molecule has 0 aliphatic carbocycles. The second-order valence-electron chi connectivity index (χ2n) is 3.70. The molecule has 18 heavy (non-hydrogen) atoms. The monoisotopic (exact) mass is 264 g/mol. The van der Waals surface area contributed by atoms with Gasteiger partial charge in [-0.15, -0.1) is 0 Å². The summed E-state index contributed by atoms with van der Waals surface area (Å²) in [5.41, 5.74) is 4.72. The number of carbonyl (C=O) groups is 1. The zero-order chi connectivity index (χ0) is 13.8. The third-order valence-electron chi connectivity index (χ3n) is 2.25. The molecule has 1 aromatic carbocycles. The molecule has 3 N–H and O–H groups in total. The van der Waals surface area contributed by atoms with Crippen LogP contribution in [-0.4, -0.2) is 18.6 Å². The summed E-state index contributed by atoms with van der Waals surface area (Å²) in [5, 5.41) is 2.18. The van der Waals surface area contributed by atoms with E-state index in [1.54, 1.807) is 0 Å². The summed E-state index contributed by atoms with van der Waals surface area (Å²) in [6.45, 7) is -0.198. The van der Waals surface area contributed by atoms with Gasteiger partial charge in [0.1, 0.15) is 11.9 Å². The van der Waals surface area contributed by atoms with Crippen LogP contribution in [0.25, 0.3) is 0 Å². The minimum absolute atomic E-state index is 0.117. The molecule has 100 valence electrons. The lowest BCUT2D eigenvalue weighted by Crippen LogP contribution is -2.36. The molecule has 1 aromatic rings. The van der Waals surface area contributed by atoms with Crippen LogP contribution in [0, 0.1) is 5.82 Å². The van der Waals surface area contributed by atoms with Crippen molar-refractivity contribution >= 4 is 5.91 Å². The SMILES string of the molecule is NC(=O)CCN[C@@H](c1ccc(F)cc1)C(F)(F)F. The number of amides is 1. The van der Waals surface area contributed by atoms with E-state index in [9.17, 15) is 22.4 Å². The van der Waals surface area contributed by atoms with E-state index in [1.165, 1.54) is 0 Å². The molecule has 1 atom stereocenters. The fraction of sp³-hybridized carbons (Fsp3) is 0.364. The van der Waals surface area contributed by atoms with E-state index >= 15 is 0 Å². The lowest BCUT2D eigenvalue weighted by Gasteiger charge is -2.21. The maximum atomic E-state index is 12.8. The van der Waals surface area contributed by atoms with E-state index in [4.69, 9.17) is 5.73 Å². The van der Waals surface area contributed by atoms with Crippen LogP contribution < -0.4 is 11.1 Å². The lowest BCUT2D eigenvalue weighted by atomic mass is 10.1. The standard InChI is InChI=1S/C11H12F4N2O/c12-8-3-1-7(2-4-8)10(11(13,14)15)17-6-5-9(16)18/h1-4,10,17H,5-6H2,(H2,16,18)/t10-/m0/s1. The number of halogens is 4. The Morgan fingerprint density at radius 1 is 1.28 bits per heavy atom. The quantitative estimate of drug-likeness (QED) is 0.798. The number of hydrogen-bond acceptors (Lipinski definition) is 2. The van der Waals surface area contributed by atoms with Gasteiger partial charge in [0, 0.05) is 13.0 Å².